The van der Waals surface area contributed by atoms with Crippen LogP contribution >= 0.6 is 0 Å². The summed E-state index contributed by atoms with van der Waals surface area (Å²) in [5.41, 5.74) is 5.85. The maximum atomic E-state index is 12.1. The summed E-state index contributed by atoms with van der Waals surface area (Å²) >= 11 is 0. The molecule has 2 heterocycles. The molecule has 1 aliphatic rings. The molecule has 1 fully saturated rings. The lowest BCUT2D eigenvalue weighted by Crippen LogP contribution is -2.36. The van der Waals surface area contributed by atoms with Crippen LogP contribution < -0.4 is 10.5 Å². The minimum Gasteiger partial charge on any atom is -0.396 e. The van der Waals surface area contributed by atoms with Gasteiger partial charge in [-0.15, -0.1) is 0 Å². The van der Waals surface area contributed by atoms with Crippen LogP contribution in [0.25, 0.3) is 0 Å². The van der Waals surface area contributed by atoms with Crippen molar-refractivity contribution in [2.45, 2.75) is 18.1 Å². The van der Waals surface area contributed by atoms with Crippen molar-refractivity contribution >= 4 is 31.4 Å². The lowest BCUT2D eigenvalue weighted by Gasteiger charge is -2.22. The van der Waals surface area contributed by atoms with Crippen LogP contribution in [-0.2, 0) is 19.9 Å². The molecule has 106 valence electrons. The molecule has 0 aliphatic carbocycles. The number of pyridine rings is 1. The van der Waals surface area contributed by atoms with E-state index in [-0.39, 0.29) is 35.9 Å². The average molecular weight is 305 g/mol. The van der Waals surface area contributed by atoms with Gasteiger partial charge in [0.15, 0.2) is 5.82 Å². The smallest absolute Gasteiger partial charge is 0.236 e. The second-order valence-corrected chi connectivity index (χ2v) is 8.70. The third-order valence-electron chi connectivity index (χ3n) is 3.02. The van der Waals surface area contributed by atoms with E-state index in [1.165, 1.54) is 12.3 Å². The molecule has 0 spiro atoms. The van der Waals surface area contributed by atoms with Gasteiger partial charge in [-0.2, -0.15) is 0 Å². The standard InChI is InChI=1S/C10H15N3O4S2/c11-9-2-1-5-12-10(9)13-19(16,17)8-3-6-18(14,15)7-4-8/h1-2,5,8H,3-4,6-7,11H2,(H,12,13). The number of hydrogen-bond acceptors (Lipinski definition) is 6. The monoisotopic (exact) mass is 305 g/mol. The minimum absolute atomic E-state index is 0.0796. The van der Waals surface area contributed by atoms with Crippen LogP contribution in [0.1, 0.15) is 12.8 Å². The van der Waals surface area contributed by atoms with E-state index in [4.69, 9.17) is 5.73 Å². The van der Waals surface area contributed by atoms with Gasteiger partial charge in [0.1, 0.15) is 9.84 Å². The molecule has 1 aromatic heterocycles. The molecular weight excluding hydrogens is 290 g/mol. The highest BCUT2D eigenvalue weighted by atomic mass is 32.2. The topological polar surface area (TPSA) is 119 Å². The zero-order valence-corrected chi connectivity index (χ0v) is 11.7. The third kappa shape index (κ3) is 3.35. The van der Waals surface area contributed by atoms with E-state index in [0.29, 0.717) is 0 Å². The Morgan fingerprint density at radius 1 is 1.32 bits per heavy atom. The summed E-state index contributed by atoms with van der Waals surface area (Å²) in [5, 5.41) is -0.725. The van der Waals surface area contributed by atoms with Gasteiger partial charge in [0.2, 0.25) is 10.0 Å². The van der Waals surface area contributed by atoms with Gasteiger partial charge in [-0.05, 0) is 25.0 Å². The Balaban J connectivity index is 2.14. The fourth-order valence-electron chi connectivity index (χ4n) is 1.90. The first kappa shape index (κ1) is 14.1. The highest BCUT2D eigenvalue weighted by molar-refractivity contribution is 7.94. The Morgan fingerprint density at radius 2 is 1.95 bits per heavy atom. The Labute approximate surface area is 112 Å². The van der Waals surface area contributed by atoms with Crippen LogP contribution in [0.15, 0.2) is 18.3 Å². The Kier molecular flexibility index (Phi) is 3.68. The Bertz CT molecular complexity index is 656. The largest absolute Gasteiger partial charge is 0.396 e. The van der Waals surface area contributed by atoms with E-state index in [1.807, 2.05) is 0 Å². The number of rotatable bonds is 3. The van der Waals surface area contributed by atoms with Gasteiger partial charge in [-0.3, -0.25) is 4.72 Å². The van der Waals surface area contributed by atoms with Gasteiger partial charge in [-0.25, -0.2) is 21.8 Å². The van der Waals surface area contributed by atoms with Crippen molar-refractivity contribution in [2.24, 2.45) is 0 Å². The molecule has 9 heteroatoms. The summed E-state index contributed by atoms with van der Waals surface area (Å²) < 4.78 is 49.1. The summed E-state index contributed by atoms with van der Waals surface area (Å²) in [6.07, 6.45) is 1.63. The molecular formula is C10H15N3O4S2. The molecule has 2 rings (SSSR count). The number of nitrogens with one attached hydrogen (secondary N) is 1. The molecule has 0 atom stereocenters. The van der Waals surface area contributed by atoms with Crippen molar-refractivity contribution in [2.75, 3.05) is 22.0 Å². The lowest BCUT2D eigenvalue weighted by molar-refractivity contribution is 0.555. The highest BCUT2D eigenvalue weighted by Crippen LogP contribution is 2.23. The van der Waals surface area contributed by atoms with Gasteiger partial charge < -0.3 is 5.73 Å². The molecule has 0 amide bonds. The van der Waals surface area contributed by atoms with Crippen LogP contribution in [0.4, 0.5) is 11.5 Å². The molecule has 3 N–H and O–H groups in total. The molecule has 7 nitrogen and oxygen atoms in total. The van der Waals surface area contributed by atoms with E-state index in [1.54, 1.807) is 6.07 Å². The number of sulfone groups is 1. The predicted octanol–water partition coefficient (Wildman–Crippen LogP) is -0.0173. The van der Waals surface area contributed by atoms with E-state index in [9.17, 15) is 16.8 Å². The van der Waals surface area contributed by atoms with Crippen molar-refractivity contribution in [1.29, 1.82) is 0 Å². The number of sulfonamides is 1. The molecule has 1 aliphatic heterocycles. The molecule has 0 bridgehead atoms. The third-order valence-corrected chi connectivity index (χ3v) is 6.56. The zero-order chi connectivity index (χ0) is 14.1. The summed E-state index contributed by atoms with van der Waals surface area (Å²) in [6.45, 7) is 0. The van der Waals surface area contributed by atoms with Crippen LogP contribution in [0.5, 0.6) is 0 Å². The fraction of sp³-hybridized carbons (Fsp3) is 0.500. The minimum atomic E-state index is -3.67. The van der Waals surface area contributed by atoms with E-state index in [0.717, 1.165) is 0 Å². The molecule has 1 aromatic rings. The van der Waals surface area contributed by atoms with Crippen molar-refractivity contribution in [3.63, 3.8) is 0 Å². The van der Waals surface area contributed by atoms with Crippen LogP contribution in [0.3, 0.4) is 0 Å². The van der Waals surface area contributed by atoms with E-state index < -0.39 is 25.1 Å². The van der Waals surface area contributed by atoms with Crippen molar-refractivity contribution in [1.82, 2.24) is 4.98 Å². The van der Waals surface area contributed by atoms with Gasteiger partial charge in [-0.1, -0.05) is 0 Å². The number of hydrogen-bond donors (Lipinski definition) is 2. The van der Waals surface area contributed by atoms with Crippen LogP contribution in [-0.4, -0.2) is 38.6 Å². The second-order valence-electron chi connectivity index (χ2n) is 4.44. The number of nitrogens with zero attached hydrogens (tertiary/aromatic N) is 1. The average Bonchev–Trinajstić information content (AvgIpc) is 2.31. The Morgan fingerprint density at radius 3 is 2.53 bits per heavy atom. The molecule has 0 radical (unpaired) electrons. The highest BCUT2D eigenvalue weighted by Gasteiger charge is 2.33. The predicted molar refractivity (Wildman–Crippen MR) is 72.9 cm³/mol. The van der Waals surface area contributed by atoms with Gasteiger partial charge in [0, 0.05) is 6.20 Å². The van der Waals surface area contributed by atoms with Gasteiger partial charge in [0.25, 0.3) is 0 Å². The maximum absolute atomic E-state index is 12.1. The van der Waals surface area contributed by atoms with Crippen LogP contribution in [0.2, 0.25) is 0 Å². The maximum Gasteiger partial charge on any atom is 0.236 e. The molecule has 0 saturated carbocycles. The number of anilines is 2. The zero-order valence-electron chi connectivity index (χ0n) is 10.1. The molecule has 0 aromatic carbocycles. The normalized spacial score (nSPS) is 20.0. The fourth-order valence-corrected chi connectivity index (χ4v) is 5.15. The SMILES string of the molecule is Nc1cccnc1NS(=O)(=O)C1CCS(=O)(=O)CC1. The number of aromatic nitrogens is 1. The second kappa shape index (κ2) is 4.97. The summed E-state index contributed by atoms with van der Waals surface area (Å²) in [4.78, 5) is 3.85. The summed E-state index contributed by atoms with van der Waals surface area (Å²) in [6, 6.07) is 3.14. The first-order valence-electron chi connectivity index (χ1n) is 5.73. The quantitative estimate of drug-likeness (QED) is 0.810. The van der Waals surface area contributed by atoms with E-state index in [2.05, 4.69) is 9.71 Å². The number of nitrogen functional groups attached to an aromatic ring is 1. The lowest BCUT2D eigenvalue weighted by atomic mass is 10.2. The summed E-state index contributed by atoms with van der Waals surface area (Å²) in [7, 11) is -6.76. The van der Waals surface area contributed by atoms with E-state index >= 15 is 0 Å². The Hall–Kier alpha value is -1.35. The molecule has 0 unspecified atom stereocenters. The van der Waals surface area contributed by atoms with Gasteiger partial charge >= 0.3 is 0 Å². The van der Waals surface area contributed by atoms with Crippen molar-refractivity contribution in [3.05, 3.63) is 18.3 Å². The van der Waals surface area contributed by atoms with Crippen LogP contribution in [0, 0.1) is 0 Å². The van der Waals surface area contributed by atoms with Crippen molar-refractivity contribution in [3.8, 4) is 0 Å². The van der Waals surface area contributed by atoms with Crippen molar-refractivity contribution < 1.29 is 16.8 Å². The first-order chi connectivity index (χ1) is 8.80. The first-order valence-corrected chi connectivity index (χ1v) is 9.09. The summed E-state index contributed by atoms with van der Waals surface area (Å²) in [5.74, 6) is -0.122. The van der Waals surface area contributed by atoms with Gasteiger partial charge in [0.05, 0.1) is 22.4 Å². The number of nitrogens with two attached hydrogens (primary N) is 1. The molecule has 1 saturated heterocycles. The molecule has 19 heavy (non-hydrogen) atoms.